The van der Waals surface area contributed by atoms with Crippen LogP contribution in [0.25, 0.3) is 0 Å². The van der Waals surface area contributed by atoms with E-state index in [1.54, 1.807) is 74.7 Å². The Hall–Kier alpha value is -4.53. The molecule has 0 aromatic heterocycles. The number of esters is 1. The van der Waals surface area contributed by atoms with Crippen LogP contribution in [-0.4, -0.2) is 43.7 Å². The standard InChI is InChI=1S/C37H43N3O6/c1-3-45-35(42)29-6-4-27(5-7-29)33(16-17-38-36(43)40-37-21-24-18-25(22-37)20-26(19-24)23-37)46-32-12-8-28(9-13-32)34(41)39-30-10-14-31(44-2)15-11-30/h4-15,24-26,33H,3,16-23H2,1-2H3,(H,39,41)(H2,38,40,43). The van der Waals surface area contributed by atoms with Crippen molar-refractivity contribution in [2.75, 3.05) is 25.6 Å². The van der Waals surface area contributed by atoms with Gasteiger partial charge in [-0.25, -0.2) is 9.59 Å². The number of rotatable bonds is 12. The molecule has 46 heavy (non-hydrogen) atoms. The van der Waals surface area contributed by atoms with Crippen molar-refractivity contribution in [2.24, 2.45) is 17.8 Å². The van der Waals surface area contributed by atoms with E-state index in [1.807, 2.05) is 12.1 Å². The number of hydrogen-bond acceptors (Lipinski definition) is 6. The molecule has 0 aliphatic heterocycles. The molecular formula is C37H43N3O6. The molecule has 4 bridgehead atoms. The fourth-order valence-corrected chi connectivity index (χ4v) is 7.93. The maximum absolute atomic E-state index is 13.1. The number of nitrogens with one attached hydrogen (secondary N) is 3. The Kier molecular flexibility index (Phi) is 9.47. The van der Waals surface area contributed by atoms with Gasteiger partial charge in [-0.3, -0.25) is 4.79 Å². The number of carbonyl (C=O) groups is 3. The van der Waals surface area contributed by atoms with E-state index in [2.05, 4.69) is 16.0 Å². The lowest BCUT2D eigenvalue weighted by Gasteiger charge is -2.56. The van der Waals surface area contributed by atoms with E-state index in [0.717, 1.165) is 42.6 Å². The van der Waals surface area contributed by atoms with Crippen molar-refractivity contribution in [1.29, 1.82) is 0 Å². The predicted octanol–water partition coefficient (Wildman–Crippen LogP) is 6.90. The SMILES string of the molecule is CCOC(=O)c1ccc(C(CCNC(=O)NC23CC4CC(CC(C4)C2)C3)Oc2ccc(C(=O)Nc3ccc(OC)cc3)cc2)cc1. The fourth-order valence-electron chi connectivity index (χ4n) is 7.93. The van der Waals surface area contributed by atoms with E-state index < -0.39 is 6.10 Å². The molecule has 7 rings (SSSR count). The molecule has 9 nitrogen and oxygen atoms in total. The minimum atomic E-state index is -0.407. The van der Waals surface area contributed by atoms with Gasteiger partial charge in [-0.05, 0) is 129 Å². The van der Waals surface area contributed by atoms with Crippen LogP contribution in [0.15, 0.2) is 72.8 Å². The van der Waals surface area contributed by atoms with Crippen LogP contribution in [0.3, 0.4) is 0 Å². The van der Waals surface area contributed by atoms with Gasteiger partial charge in [0.1, 0.15) is 17.6 Å². The summed E-state index contributed by atoms with van der Waals surface area (Å²) in [6.07, 6.45) is 7.36. The Morgan fingerprint density at radius 3 is 1.98 bits per heavy atom. The topological polar surface area (TPSA) is 115 Å². The second-order valence-corrected chi connectivity index (χ2v) is 13.0. The maximum Gasteiger partial charge on any atom is 0.338 e. The Balaban J connectivity index is 1.09. The molecule has 1 atom stereocenters. The summed E-state index contributed by atoms with van der Waals surface area (Å²) in [6, 6.07) is 21.1. The van der Waals surface area contributed by atoms with Gasteiger partial charge in [0.2, 0.25) is 0 Å². The zero-order valence-corrected chi connectivity index (χ0v) is 26.6. The summed E-state index contributed by atoms with van der Waals surface area (Å²) in [5, 5.41) is 9.34. The average Bonchev–Trinajstić information content (AvgIpc) is 3.04. The molecule has 0 saturated heterocycles. The highest BCUT2D eigenvalue weighted by molar-refractivity contribution is 6.04. The van der Waals surface area contributed by atoms with Crippen molar-refractivity contribution in [2.45, 2.75) is 63.5 Å². The highest BCUT2D eigenvalue weighted by Gasteiger charge is 2.51. The Morgan fingerprint density at radius 1 is 0.804 bits per heavy atom. The second kappa shape index (κ2) is 13.8. The van der Waals surface area contributed by atoms with Gasteiger partial charge < -0.3 is 30.2 Å². The lowest BCUT2D eigenvalue weighted by Crippen LogP contribution is -2.61. The van der Waals surface area contributed by atoms with Crippen molar-refractivity contribution >= 4 is 23.6 Å². The number of anilines is 1. The van der Waals surface area contributed by atoms with E-state index in [1.165, 1.54) is 19.3 Å². The lowest BCUT2D eigenvalue weighted by molar-refractivity contribution is -0.0135. The summed E-state index contributed by atoms with van der Waals surface area (Å²) in [5.41, 5.74) is 2.42. The molecular weight excluding hydrogens is 582 g/mol. The normalized spacial score (nSPS) is 23.2. The van der Waals surface area contributed by atoms with Crippen LogP contribution in [-0.2, 0) is 4.74 Å². The average molecular weight is 626 g/mol. The van der Waals surface area contributed by atoms with Crippen LogP contribution >= 0.6 is 0 Å². The molecule has 4 fully saturated rings. The van der Waals surface area contributed by atoms with E-state index in [9.17, 15) is 14.4 Å². The molecule has 3 aromatic rings. The van der Waals surface area contributed by atoms with Crippen molar-refractivity contribution in [3.63, 3.8) is 0 Å². The first-order valence-corrected chi connectivity index (χ1v) is 16.4. The van der Waals surface area contributed by atoms with Crippen LogP contribution in [0, 0.1) is 17.8 Å². The smallest absolute Gasteiger partial charge is 0.338 e. The fraction of sp³-hybridized carbons (Fsp3) is 0.432. The zero-order chi connectivity index (χ0) is 32.1. The molecule has 4 saturated carbocycles. The molecule has 0 spiro atoms. The molecule has 242 valence electrons. The number of benzene rings is 3. The summed E-state index contributed by atoms with van der Waals surface area (Å²) in [5.74, 6) is 2.93. The molecule has 3 N–H and O–H groups in total. The van der Waals surface area contributed by atoms with Gasteiger partial charge in [0.05, 0.1) is 19.3 Å². The molecule has 4 aliphatic carbocycles. The Morgan fingerprint density at radius 2 is 1.39 bits per heavy atom. The molecule has 4 aliphatic rings. The molecule has 0 radical (unpaired) electrons. The summed E-state index contributed by atoms with van der Waals surface area (Å²) in [4.78, 5) is 38.1. The monoisotopic (exact) mass is 625 g/mol. The van der Waals surface area contributed by atoms with Crippen LogP contribution in [0.1, 0.15) is 84.3 Å². The minimum absolute atomic E-state index is 0.0565. The lowest BCUT2D eigenvalue weighted by atomic mass is 9.53. The Labute approximate surface area is 270 Å². The van der Waals surface area contributed by atoms with Crippen LogP contribution < -0.4 is 25.4 Å². The summed E-state index contributed by atoms with van der Waals surface area (Å²) < 4.78 is 16.7. The van der Waals surface area contributed by atoms with Crippen molar-refractivity contribution in [3.05, 3.63) is 89.5 Å². The van der Waals surface area contributed by atoms with Crippen molar-refractivity contribution in [3.8, 4) is 11.5 Å². The third-order valence-corrected chi connectivity index (χ3v) is 9.65. The van der Waals surface area contributed by atoms with Gasteiger partial charge in [0.25, 0.3) is 5.91 Å². The summed E-state index contributed by atoms with van der Waals surface area (Å²) in [6.45, 7) is 2.48. The first kappa shape index (κ1) is 31.5. The highest BCUT2D eigenvalue weighted by Crippen LogP contribution is 2.55. The first-order chi connectivity index (χ1) is 22.3. The molecule has 0 heterocycles. The van der Waals surface area contributed by atoms with Crippen molar-refractivity contribution in [1.82, 2.24) is 10.6 Å². The van der Waals surface area contributed by atoms with Crippen LogP contribution in [0.5, 0.6) is 11.5 Å². The van der Waals surface area contributed by atoms with Gasteiger partial charge in [0.15, 0.2) is 0 Å². The first-order valence-electron chi connectivity index (χ1n) is 16.4. The minimum Gasteiger partial charge on any atom is -0.497 e. The van der Waals surface area contributed by atoms with E-state index >= 15 is 0 Å². The van der Waals surface area contributed by atoms with Gasteiger partial charge in [-0.2, -0.15) is 0 Å². The molecule has 3 amide bonds. The second-order valence-electron chi connectivity index (χ2n) is 13.0. The largest absolute Gasteiger partial charge is 0.497 e. The molecule has 9 heteroatoms. The number of carbonyl (C=O) groups excluding carboxylic acids is 3. The predicted molar refractivity (Wildman–Crippen MR) is 175 cm³/mol. The molecule has 1 unspecified atom stereocenters. The maximum atomic E-state index is 13.1. The van der Waals surface area contributed by atoms with E-state index in [0.29, 0.717) is 47.9 Å². The highest BCUT2D eigenvalue weighted by atomic mass is 16.5. The summed E-state index contributed by atoms with van der Waals surface area (Å²) in [7, 11) is 1.59. The van der Waals surface area contributed by atoms with Crippen molar-refractivity contribution < 1.29 is 28.6 Å². The number of amides is 3. The third kappa shape index (κ3) is 7.46. The van der Waals surface area contributed by atoms with Gasteiger partial charge in [-0.1, -0.05) is 12.1 Å². The van der Waals surface area contributed by atoms with Crippen LogP contribution in [0.2, 0.25) is 0 Å². The van der Waals surface area contributed by atoms with E-state index in [-0.39, 0.29) is 23.4 Å². The third-order valence-electron chi connectivity index (χ3n) is 9.65. The zero-order valence-electron chi connectivity index (χ0n) is 26.6. The number of hydrogen-bond donors (Lipinski definition) is 3. The Bertz CT molecular complexity index is 1480. The number of ether oxygens (including phenoxy) is 3. The van der Waals surface area contributed by atoms with Gasteiger partial charge >= 0.3 is 12.0 Å². The quantitative estimate of drug-likeness (QED) is 0.189. The van der Waals surface area contributed by atoms with E-state index in [4.69, 9.17) is 14.2 Å². The molecule has 3 aromatic carbocycles. The van der Waals surface area contributed by atoms with Gasteiger partial charge in [0, 0.05) is 29.8 Å². The number of urea groups is 1. The van der Waals surface area contributed by atoms with Gasteiger partial charge in [-0.15, -0.1) is 0 Å². The summed E-state index contributed by atoms with van der Waals surface area (Å²) >= 11 is 0. The number of methoxy groups -OCH3 is 1. The van der Waals surface area contributed by atoms with Crippen LogP contribution in [0.4, 0.5) is 10.5 Å².